The van der Waals surface area contributed by atoms with Gasteiger partial charge in [0.15, 0.2) is 23.0 Å². The second-order valence-electron chi connectivity index (χ2n) is 7.73. The first-order valence-electron chi connectivity index (χ1n) is 11.2. The summed E-state index contributed by atoms with van der Waals surface area (Å²) in [6.07, 6.45) is 1.59. The molecule has 0 N–H and O–H groups in total. The second-order valence-corrected chi connectivity index (χ2v) is 9.13. The highest BCUT2D eigenvalue weighted by Gasteiger charge is 2.35. The van der Waals surface area contributed by atoms with Crippen molar-refractivity contribution in [1.29, 1.82) is 0 Å². The van der Waals surface area contributed by atoms with Gasteiger partial charge in [-0.05, 0) is 59.8 Å². The van der Waals surface area contributed by atoms with E-state index >= 15 is 0 Å². The number of para-hydroxylation sites is 2. The fourth-order valence-electron chi connectivity index (χ4n) is 3.55. The molecule has 7 nitrogen and oxygen atoms in total. The molecule has 1 saturated heterocycles. The van der Waals surface area contributed by atoms with Crippen LogP contribution >= 0.6 is 23.4 Å². The Morgan fingerprint density at radius 1 is 0.919 bits per heavy atom. The standard InChI is InChI=1S/C27H23ClFNO6S/c1-33-21-8-3-4-9-23(21)35-13-12-30-26(31)25(37-27(30)32)15-17-10-11-22(34-2)24(14-17)36-16-18-19(28)6-5-7-20(18)29/h3-11,14-15H,12-13,16H2,1-2H3/b25-15-. The van der Waals surface area contributed by atoms with Crippen molar-refractivity contribution in [3.63, 3.8) is 0 Å². The third-order valence-electron chi connectivity index (χ3n) is 5.43. The number of methoxy groups -OCH3 is 2. The average Bonchev–Trinajstić information content (AvgIpc) is 3.16. The van der Waals surface area contributed by atoms with Gasteiger partial charge in [0.1, 0.15) is 19.0 Å². The molecule has 1 heterocycles. The normalized spacial score (nSPS) is 14.3. The Morgan fingerprint density at radius 2 is 1.65 bits per heavy atom. The van der Waals surface area contributed by atoms with Gasteiger partial charge < -0.3 is 18.9 Å². The molecule has 0 aliphatic carbocycles. The maximum Gasteiger partial charge on any atom is 0.293 e. The minimum atomic E-state index is -0.481. The summed E-state index contributed by atoms with van der Waals surface area (Å²) in [6.45, 7) is 0.0826. The fourth-order valence-corrected chi connectivity index (χ4v) is 4.63. The Kier molecular flexibility index (Phi) is 8.58. The number of benzene rings is 3. The van der Waals surface area contributed by atoms with E-state index in [4.69, 9.17) is 30.5 Å². The van der Waals surface area contributed by atoms with Crippen molar-refractivity contribution in [3.05, 3.63) is 87.5 Å². The van der Waals surface area contributed by atoms with E-state index in [0.717, 1.165) is 16.7 Å². The van der Waals surface area contributed by atoms with Crippen LogP contribution in [0.3, 0.4) is 0 Å². The Labute approximate surface area is 222 Å². The van der Waals surface area contributed by atoms with Gasteiger partial charge in [-0.25, -0.2) is 4.39 Å². The van der Waals surface area contributed by atoms with Gasteiger partial charge in [-0.3, -0.25) is 14.5 Å². The van der Waals surface area contributed by atoms with Crippen LogP contribution in [0.4, 0.5) is 9.18 Å². The Morgan fingerprint density at radius 3 is 2.38 bits per heavy atom. The molecule has 1 aliphatic rings. The topological polar surface area (TPSA) is 74.3 Å². The quantitative estimate of drug-likeness (QED) is 0.282. The molecule has 1 fully saturated rings. The van der Waals surface area contributed by atoms with Crippen molar-refractivity contribution in [3.8, 4) is 23.0 Å². The summed E-state index contributed by atoms with van der Waals surface area (Å²) in [5.41, 5.74) is 0.819. The molecule has 3 aromatic rings. The van der Waals surface area contributed by atoms with Crippen molar-refractivity contribution >= 4 is 40.6 Å². The molecule has 2 amide bonds. The number of nitrogens with zero attached hydrogens (tertiary/aromatic N) is 1. The summed E-state index contributed by atoms with van der Waals surface area (Å²) in [5, 5.41) is -0.141. The summed E-state index contributed by atoms with van der Waals surface area (Å²) in [5.74, 6) is 0.938. The summed E-state index contributed by atoms with van der Waals surface area (Å²) >= 11 is 6.93. The molecule has 0 atom stereocenters. The third kappa shape index (κ3) is 6.18. The van der Waals surface area contributed by atoms with E-state index in [1.165, 1.54) is 26.4 Å². The molecule has 4 rings (SSSR count). The van der Waals surface area contributed by atoms with Gasteiger partial charge in [-0.15, -0.1) is 0 Å². The van der Waals surface area contributed by atoms with Gasteiger partial charge in [0.2, 0.25) is 0 Å². The zero-order valence-corrected chi connectivity index (χ0v) is 21.6. The molecule has 0 unspecified atom stereocenters. The van der Waals surface area contributed by atoms with E-state index in [1.54, 1.807) is 48.5 Å². The number of rotatable bonds is 10. The van der Waals surface area contributed by atoms with Crippen LogP contribution < -0.4 is 18.9 Å². The van der Waals surface area contributed by atoms with Crippen LogP contribution in [0.25, 0.3) is 6.08 Å². The van der Waals surface area contributed by atoms with Gasteiger partial charge in [-0.2, -0.15) is 0 Å². The number of amides is 2. The molecule has 0 bridgehead atoms. The predicted octanol–water partition coefficient (Wildman–Crippen LogP) is 6.19. The van der Waals surface area contributed by atoms with Crippen LogP contribution in [-0.4, -0.2) is 43.4 Å². The largest absolute Gasteiger partial charge is 0.493 e. The highest BCUT2D eigenvalue weighted by atomic mass is 35.5. The SMILES string of the molecule is COc1ccccc1OCCN1C(=O)S/C(=C\c2ccc(OC)c(OCc3c(F)cccc3Cl)c2)C1=O. The molecule has 10 heteroatoms. The zero-order valence-electron chi connectivity index (χ0n) is 20.0. The van der Waals surface area contributed by atoms with Crippen LogP contribution in [0.2, 0.25) is 5.02 Å². The number of ether oxygens (including phenoxy) is 4. The molecule has 0 spiro atoms. The minimum Gasteiger partial charge on any atom is -0.493 e. The van der Waals surface area contributed by atoms with Crippen molar-refractivity contribution in [2.45, 2.75) is 6.61 Å². The summed E-state index contributed by atoms with van der Waals surface area (Å²) < 4.78 is 36.2. The smallest absolute Gasteiger partial charge is 0.293 e. The fraction of sp³-hybridized carbons (Fsp3) is 0.185. The lowest BCUT2D eigenvalue weighted by Crippen LogP contribution is -2.32. The van der Waals surface area contributed by atoms with Gasteiger partial charge in [0.25, 0.3) is 11.1 Å². The number of carbonyl (C=O) groups excluding carboxylic acids is 2. The second kappa shape index (κ2) is 12.0. The first-order chi connectivity index (χ1) is 17.9. The number of thioether (sulfide) groups is 1. The number of imide groups is 1. The lowest BCUT2D eigenvalue weighted by Gasteiger charge is -2.14. The van der Waals surface area contributed by atoms with Crippen LogP contribution in [0.5, 0.6) is 23.0 Å². The molecule has 3 aromatic carbocycles. The Balaban J connectivity index is 1.45. The van der Waals surface area contributed by atoms with Crippen LogP contribution in [0.15, 0.2) is 65.6 Å². The molecule has 0 aromatic heterocycles. The average molecular weight is 544 g/mol. The van der Waals surface area contributed by atoms with E-state index in [-0.39, 0.29) is 40.5 Å². The Hall–Kier alpha value is -3.69. The van der Waals surface area contributed by atoms with E-state index in [0.29, 0.717) is 28.6 Å². The molecule has 37 heavy (non-hydrogen) atoms. The molecule has 192 valence electrons. The van der Waals surface area contributed by atoms with Crippen molar-refractivity contribution in [1.82, 2.24) is 4.90 Å². The van der Waals surface area contributed by atoms with E-state index in [1.807, 2.05) is 6.07 Å². The maximum atomic E-state index is 14.1. The van der Waals surface area contributed by atoms with Crippen molar-refractivity contribution < 1.29 is 32.9 Å². The van der Waals surface area contributed by atoms with Crippen LogP contribution in [-0.2, 0) is 11.4 Å². The Bertz CT molecular complexity index is 1330. The van der Waals surface area contributed by atoms with Gasteiger partial charge in [-0.1, -0.05) is 35.9 Å². The van der Waals surface area contributed by atoms with E-state index < -0.39 is 11.7 Å². The number of hydrogen-bond donors (Lipinski definition) is 0. The highest BCUT2D eigenvalue weighted by molar-refractivity contribution is 8.18. The molecular formula is C27H23ClFNO6S. The predicted molar refractivity (Wildman–Crippen MR) is 140 cm³/mol. The molecule has 1 aliphatic heterocycles. The van der Waals surface area contributed by atoms with E-state index in [2.05, 4.69) is 0 Å². The van der Waals surface area contributed by atoms with Crippen LogP contribution in [0, 0.1) is 5.82 Å². The summed E-state index contributed by atoms with van der Waals surface area (Å²) in [4.78, 5) is 26.8. The molecular weight excluding hydrogens is 521 g/mol. The highest BCUT2D eigenvalue weighted by Crippen LogP contribution is 2.35. The van der Waals surface area contributed by atoms with Gasteiger partial charge >= 0.3 is 0 Å². The monoisotopic (exact) mass is 543 g/mol. The van der Waals surface area contributed by atoms with Crippen molar-refractivity contribution in [2.24, 2.45) is 0 Å². The van der Waals surface area contributed by atoms with Crippen molar-refractivity contribution in [2.75, 3.05) is 27.4 Å². The number of halogens is 2. The summed E-state index contributed by atoms with van der Waals surface area (Å²) in [6, 6.07) is 16.6. The van der Waals surface area contributed by atoms with Gasteiger partial charge in [0, 0.05) is 5.56 Å². The number of carbonyl (C=O) groups is 2. The first-order valence-corrected chi connectivity index (χ1v) is 12.4. The zero-order chi connectivity index (χ0) is 26.4. The minimum absolute atomic E-state index is 0.0838. The third-order valence-corrected chi connectivity index (χ3v) is 6.70. The molecule has 0 saturated carbocycles. The lowest BCUT2D eigenvalue weighted by atomic mass is 10.1. The van der Waals surface area contributed by atoms with E-state index in [9.17, 15) is 14.0 Å². The number of hydrogen-bond acceptors (Lipinski definition) is 7. The maximum absolute atomic E-state index is 14.1. The first kappa shape index (κ1) is 26.4. The molecule has 0 radical (unpaired) electrons. The van der Waals surface area contributed by atoms with Gasteiger partial charge in [0.05, 0.1) is 30.7 Å². The lowest BCUT2D eigenvalue weighted by molar-refractivity contribution is -0.123. The van der Waals surface area contributed by atoms with Crippen LogP contribution in [0.1, 0.15) is 11.1 Å². The summed E-state index contributed by atoms with van der Waals surface area (Å²) in [7, 11) is 3.02.